The molecule has 0 saturated carbocycles. The molecule has 1 aliphatic heterocycles. The summed E-state index contributed by atoms with van der Waals surface area (Å²) >= 11 is 0. The maximum Gasteiger partial charge on any atom is 0.340 e. The normalized spacial score (nSPS) is 14.7. The molecule has 1 saturated heterocycles. The fraction of sp³-hybridized carbons (Fsp3) is 0.400. The highest BCUT2D eigenvalue weighted by Gasteiger charge is 2.25. The predicted molar refractivity (Wildman–Crippen MR) is 155 cm³/mol. The van der Waals surface area contributed by atoms with Crippen molar-refractivity contribution in [2.45, 2.75) is 52.4 Å². The number of amides is 1. The summed E-state index contributed by atoms with van der Waals surface area (Å²) in [5.41, 5.74) is 11.4. The van der Waals surface area contributed by atoms with Gasteiger partial charge in [0.2, 0.25) is 5.91 Å². The first-order chi connectivity index (χ1) is 18.2. The zero-order valence-corrected chi connectivity index (χ0v) is 22.9. The van der Waals surface area contributed by atoms with Crippen molar-refractivity contribution in [2.75, 3.05) is 31.6 Å². The molecule has 0 bridgehead atoms. The molecule has 0 spiro atoms. The Balaban J connectivity index is 1.45. The number of anilines is 1. The quantitative estimate of drug-likeness (QED) is 0.347. The van der Waals surface area contributed by atoms with Crippen molar-refractivity contribution >= 4 is 29.5 Å². The van der Waals surface area contributed by atoms with Gasteiger partial charge < -0.3 is 25.0 Å². The molecule has 4 rings (SSSR count). The van der Waals surface area contributed by atoms with Crippen LogP contribution in [0.3, 0.4) is 0 Å². The van der Waals surface area contributed by atoms with Crippen molar-refractivity contribution < 1.29 is 14.2 Å². The van der Waals surface area contributed by atoms with Crippen LogP contribution in [0.1, 0.15) is 47.9 Å². The first-order valence-electron chi connectivity index (χ1n) is 13.4. The highest BCUT2D eigenvalue weighted by atomic mass is 16.4. The van der Waals surface area contributed by atoms with Gasteiger partial charge in [0, 0.05) is 50.4 Å². The molecule has 7 nitrogen and oxygen atoms in total. The number of hydrogen-bond donors (Lipinski definition) is 2. The van der Waals surface area contributed by atoms with Crippen LogP contribution in [-0.2, 0) is 17.8 Å². The van der Waals surface area contributed by atoms with E-state index >= 15 is 0 Å². The Morgan fingerprint density at radius 2 is 1.97 bits per heavy atom. The van der Waals surface area contributed by atoms with Gasteiger partial charge in [-0.2, -0.15) is 0 Å². The fourth-order valence-electron chi connectivity index (χ4n) is 5.45. The maximum absolute atomic E-state index is 13.2. The molecule has 0 unspecified atom stereocenters. The van der Waals surface area contributed by atoms with Crippen LogP contribution in [0.25, 0.3) is 11.0 Å². The lowest BCUT2D eigenvalue weighted by molar-refractivity contribution is -0.131. The van der Waals surface area contributed by atoms with Crippen molar-refractivity contribution in [1.29, 1.82) is 0 Å². The van der Waals surface area contributed by atoms with E-state index < -0.39 is 12.5 Å². The molecule has 8 heteroatoms. The molecule has 3 N–H and O–H groups in total. The molecule has 0 atom stereocenters. The number of likely N-dealkylation sites (N-methyl/N-ethyl adjacent to an activating group) is 1. The van der Waals surface area contributed by atoms with Gasteiger partial charge in [-0.25, -0.2) is 4.79 Å². The van der Waals surface area contributed by atoms with E-state index in [2.05, 4.69) is 12.1 Å². The van der Waals surface area contributed by atoms with Crippen LogP contribution in [-0.4, -0.2) is 49.4 Å². The number of benzene rings is 2. The summed E-state index contributed by atoms with van der Waals surface area (Å²) in [6.07, 6.45) is 1.84. The second-order valence-electron chi connectivity index (χ2n) is 10.6. The van der Waals surface area contributed by atoms with Crippen molar-refractivity contribution in [2.24, 2.45) is 5.73 Å². The number of likely N-dealkylation sites (tertiary alicyclic amines) is 1. The van der Waals surface area contributed by atoms with E-state index in [4.69, 9.17) is 10.2 Å². The second kappa shape index (κ2) is 12.0. The van der Waals surface area contributed by atoms with Crippen molar-refractivity contribution in [3.63, 3.8) is 0 Å². The number of carbonyl (C=O) groups excluding carboxylic acids is 1. The predicted octanol–water partition coefficient (Wildman–Crippen LogP) is 4.04. The van der Waals surface area contributed by atoms with Gasteiger partial charge in [-0.15, -0.1) is 0 Å². The van der Waals surface area contributed by atoms with Crippen molar-refractivity contribution in [3.05, 3.63) is 86.7 Å². The largest absolute Gasteiger partial charge is 0.447 e. The van der Waals surface area contributed by atoms with Crippen molar-refractivity contribution in [1.82, 2.24) is 4.90 Å². The van der Waals surface area contributed by atoms with Gasteiger partial charge in [-0.1, -0.05) is 42.6 Å². The Morgan fingerprint density at radius 3 is 2.66 bits per heavy atom. The Morgan fingerprint density at radius 1 is 1.24 bits per heavy atom. The van der Waals surface area contributed by atoms with Crippen LogP contribution in [0.2, 0.25) is 6.82 Å². The second-order valence-corrected chi connectivity index (χ2v) is 10.6. The van der Waals surface area contributed by atoms with Gasteiger partial charge in [0.25, 0.3) is 0 Å². The minimum Gasteiger partial charge on any atom is -0.447 e. The summed E-state index contributed by atoms with van der Waals surface area (Å²) in [6, 6.07) is 14.2. The average molecular weight is 515 g/mol. The Kier molecular flexibility index (Phi) is 8.74. The highest BCUT2D eigenvalue weighted by molar-refractivity contribution is 6.54. The highest BCUT2D eigenvalue weighted by Crippen LogP contribution is 2.29. The molecule has 1 aliphatic rings. The smallest absolute Gasteiger partial charge is 0.340 e. The lowest BCUT2D eigenvalue weighted by atomic mass is 9.71. The van der Waals surface area contributed by atoms with Crippen LogP contribution in [0.15, 0.2) is 63.2 Å². The third-order valence-corrected chi connectivity index (χ3v) is 7.56. The van der Waals surface area contributed by atoms with E-state index in [1.807, 2.05) is 67.0 Å². The van der Waals surface area contributed by atoms with Crippen molar-refractivity contribution in [3.8, 4) is 0 Å². The molecule has 1 aromatic heterocycles. The van der Waals surface area contributed by atoms with E-state index in [0.717, 1.165) is 40.6 Å². The molecular formula is C30H38BN3O4. The molecule has 0 radical (unpaired) electrons. The topological polar surface area (TPSA) is 100 Å². The summed E-state index contributed by atoms with van der Waals surface area (Å²) in [5, 5.41) is 10.4. The van der Waals surface area contributed by atoms with Gasteiger partial charge in [0.15, 0.2) is 0 Å². The minimum atomic E-state index is -0.499. The molecule has 2 heterocycles. The Bertz CT molecular complexity index is 1390. The summed E-state index contributed by atoms with van der Waals surface area (Å²) < 4.78 is 5.70. The lowest BCUT2D eigenvalue weighted by Gasteiger charge is -2.32. The average Bonchev–Trinajstić information content (AvgIpc) is 2.90. The molecule has 200 valence electrons. The summed E-state index contributed by atoms with van der Waals surface area (Å²) in [5.74, 6) is 2.19. The van der Waals surface area contributed by atoms with Gasteiger partial charge in [0.05, 0.1) is 12.0 Å². The van der Waals surface area contributed by atoms with Gasteiger partial charge in [-0.05, 0) is 61.4 Å². The van der Waals surface area contributed by atoms with Crippen LogP contribution >= 0.6 is 0 Å². The molecule has 38 heavy (non-hydrogen) atoms. The van der Waals surface area contributed by atoms with Crippen LogP contribution in [0.5, 0.6) is 0 Å². The SMILES string of the molecule is CB(O)C=C(C)CN(C)c1ccc2c(C)c(CC(=O)N3CCC(c4cccc(CN)c4)CC3)c(=O)oc2c1. The van der Waals surface area contributed by atoms with Gasteiger partial charge in [0.1, 0.15) is 5.58 Å². The fourth-order valence-corrected chi connectivity index (χ4v) is 5.45. The Hall–Kier alpha value is -3.36. The lowest BCUT2D eigenvalue weighted by Crippen LogP contribution is -2.39. The van der Waals surface area contributed by atoms with Gasteiger partial charge >= 0.3 is 12.5 Å². The van der Waals surface area contributed by atoms with Crippen LogP contribution in [0.4, 0.5) is 5.69 Å². The summed E-state index contributed by atoms with van der Waals surface area (Å²) in [6.45, 7) is 7.60. The standard InChI is InChI=1S/C30H38BN3O4/c1-20(17-31(3)37)19-33(4)25-8-9-26-21(2)27(30(36)38-28(26)15-25)16-29(35)34-12-10-23(11-13-34)24-7-5-6-22(14-24)18-32/h5-9,14-15,17,23,37H,10-13,16,18-19,32H2,1-4H3. The number of fused-ring (bicyclic) bond motifs is 1. The Labute approximate surface area is 225 Å². The number of carbonyl (C=O) groups is 1. The zero-order chi connectivity index (χ0) is 27.4. The number of aryl methyl sites for hydroxylation is 1. The number of nitrogens with zero attached hydrogens (tertiary/aromatic N) is 2. The van der Waals surface area contributed by atoms with E-state index in [1.165, 1.54) is 5.56 Å². The zero-order valence-electron chi connectivity index (χ0n) is 22.9. The summed E-state index contributed by atoms with van der Waals surface area (Å²) in [7, 11) is 1.96. The summed E-state index contributed by atoms with van der Waals surface area (Å²) in [4.78, 5) is 30.0. The van der Waals surface area contributed by atoms with Crippen LogP contribution in [0, 0.1) is 6.92 Å². The molecule has 1 amide bonds. The monoisotopic (exact) mass is 515 g/mol. The van der Waals surface area contributed by atoms with E-state index in [1.54, 1.807) is 6.82 Å². The van der Waals surface area contributed by atoms with Crippen LogP contribution < -0.4 is 16.3 Å². The number of rotatable bonds is 8. The van der Waals surface area contributed by atoms with E-state index in [-0.39, 0.29) is 12.3 Å². The maximum atomic E-state index is 13.2. The number of nitrogens with two attached hydrogens (primary N) is 1. The van der Waals surface area contributed by atoms with E-state index in [0.29, 0.717) is 43.2 Å². The first-order valence-corrected chi connectivity index (χ1v) is 13.4. The third kappa shape index (κ3) is 6.37. The molecule has 2 aromatic carbocycles. The van der Waals surface area contributed by atoms with E-state index in [9.17, 15) is 14.6 Å². The molecule has 1 fully saturated rings. The molecule has 0 aliphatic carbocycles. The first kappa shape index (κ1) is 27.7. The molecule has 3 aromatic rings. The molecular weight excluding hydrogens is 477 g/mol. The number of hydrogen-bond acceptors (Lipinski definition) is 6. The minimum absolute atomic E-state index is 0.0364. The number of piperidine rings is 1. The third-order valence-electron chi connectivity index (χ3n) is 7.56. The van der Waals surface area contributed by atoms with Gasteiger partial charge in [-0.3, -0.25) is 4.79 Å².